The van der Waals surface area contributed by atoms with Gasteiger partial charge < -0.3 is 9.32 Å². The second kappa shape index (κ2) is 5.51. The second-order valence-corrected chi connectivity index (χ2v) is 6.11. The Morgan fingerprint density at radius 3 is 3.00 bits per heavy atom. The van der Waals surface area contributed by atoms with Gasteiger partial charge in [-0.3, -0.25) is 9.36 Å². The van der Waals surface area contributed by atoms with E-state index in [1.807, 2.05) is 4.90 Å². The molecule has 3 heterocycles. The molecule has 0 fully saturated rings. The van der Waals surface area contributed by atoms with Gasteiger partial charge in [-0.2, -0.15) is 0 Å². The number of furan rings is 1. The van der Waals surface area contributed by atoms with Gasteiger partial charge in [-0.1, -0.05) is 17.4 Å². The van der Waals surface area contributed by atoms with Crippen molar-refractivity contribution in [1.29, 1.82) is 0 Å². The number of aromatic nitrogens is 1. The van der Waals surface area contributed by atoms with Gasteiger partial charge in [-0.25, -0.2) is 9.38 Å². The number of hydrogen-bond donors (Lipinski definition) is 0. The number of nitrogens with zero attached hydrogens (tertiary/aromatic N) is 3. The van der Waals surface area contributed by atoms with E-state index >= 15 is 0 Å². The Hall–Kier alpha value is -2.67. The van der Waals surface area contributed by atoms with Crippen LogP contribution in [0.3, 0.4) is 0 Å². The summed E-state index contributed by atoms with van der Waals surface area (Å²) in [4.78, 5) is 19.5. The maximum Gasteiger partial charge on any atom is 0.271 e. The van der Waals surface area contributed by atoms with Crippen LogP contribution in [0.5, 0.6) is 0 Å². The van der Waals surface area contributed by atoms with Gasteiger partial charge in [-0.05, 0) is 30.3 Å². The molecule has 1 aliphatic rings. The second-order valence-electron chi connectivity index (χ2n) is 5.10. The first kappa shape index (κ1) is 14.0. The van der Waals surface area contributed by atoms with E-state index in [2.05, 4.69) is 4.99 Å². The molecule has 23 heavy (non-hydrogen) atoms. The fraction of sp³-hybridized carbons (Fsp3) is 0.125. The van der Waals surface area contributed by atoms with Crippen LogP contribution in [-0.4, -0.2) is 11.2 Å². The molecule has 0 bridgehead atoms. The first-order valence-corrected chi connectivity index (χ1v) is 7.82. The van der Waals surface area contributed by atoms with Gasteiger partial charge in [0.05, 0.1) is 10.8 Å². The fourth-order valence-electron chi connectivity index (χ4n) is 2.45. The topological polar surface area (TPSA) is 50.7 Å². The zero-order valence-corrected chi connectivity index (χ0v) is 12.8. The molecule has 0 atom stereocenters. The standard InChI is InChI=1S/C16H12FN3O2S/c17-11-3-1-4-12(7-11)19-9-18-16-20(10-19)15(21)14(23-16)8-13-5-2-6-22-13/h1-8H,9-10H2. The molecular formula is C16H12FN3O2S. The number of benzene rings is 1. The predicted octanol–water partition coefficient (Wildman–Crippen LogP) is 1.53. The maximum absolute atomic E-state index is 13.4. The number of rotatable bonds is 2. The quantitative estimate of drug-likeness (QED) is 0.716. The van der Waals surface area contributed by atoms with Crippen LogP contribution in [0.1, 0.15) is 5.76 Å². The maximum atomic E-state index is 13.4. The first-order chi connectivity index (χ1) is 11.2. The summed E-state index contributed by atoms with van der Waals surface area (Å²) in [6.45, 7) is 0.743. The summed E-state index contributed by atoms with van der Waals surface area (Å²) < 4.78 is 20.8. The van der Waals surface area contributed by atoms with Gasteiger partial charge in [0.2, 0.25) is 0 Å². The van der Waals surface area contributed by atoms with E-state index in [1.54, 1.807) is 41.2 Å². The molecule has 0 amide bonds. The SMILES string of the molecule is O=c1c(=Cc2ccco2)sc2n1CN(c1cccc(F)c1)CN=2. The third-order valence-corrected chi connectivity index (χ3v) is 4.61. The monoisotopic (exact) mass is 329 g/mol. The zero-order valence-electron chi connectivity index (χ0n) is 12.0. The van der Waals surface area contributed by atoms with E-state index < -0.39 is 0 Å². The minimum atomic E-state index is -0.308. The third-order valence-electron chi connectivity index (χ3n) is 3.57. The van der Waals surface area contributed by atoms with Crippen molar-refractivity contribution in [1.82, 2.24) is 4.57 Å². The fourth-order valence-corrected chi connectivity index (χ4v) is 3.39. The van der Waals surface area contributed by atoms with E-state index in [0.717, 1.165) is 0 Å². The number of anilines is 1. The molecule has 3 aromatic rings. The van der Waals surface area contributed by atoms with Crippen molar-refractivity contribution in [2.45, 2.75) is 6.67 Å². The Morgan fingerprint density at radius 1 is 1.30 bits per heavy atom. The van der Waals surface area contributed by atoms with Crippen molar-refractivity contribution in [3.8, 4) is 0 Å². The van der Waals surface area contributed by atoms with Crippen LogP contribution >= 0.6 is 11.3 Å². The van der Waals surface area contributed by atoms with Crippen molar-refractivity contribution >= 4 is 23.1 Å². The lowest BCUT2D eigenvalue weighted by atomic mass is 10.3. The van der Waals surface area contributed by atoms with Gasteiger partial charge in [0.25, 0.3) is 5.56 Å². The van der Waals surface area contributed by atoms with Crippen molar-refractivity contribution in [3.05, 3.63) is 73.9 Å². The smallest absolute Gasteiger partial charge is 0.271 e. The summed E-state index contributed by atoms with van der Waals surface area (Å²) in [5.41, 5.74) is 0.584. The number of halogens is 1. The third kappa shape index (κ3) is 2.59. The molecular weight excluding hydrogens is 317 g/mol. The van der Waals surface area contributed by atoms with Gasteiger partial charge >= 0.3 is 0 Å². The number of hydrogen-bond acceptors (Lipinski definition) is 5. The van der Waals surface area contributed by atoms with Crippen LogP contribution in [0.25, 0.3) is 6.08 Å². The lowest BCUT2D eigenvalue weighted by Crippen LogP contribution is -2.42. The van der Waals surface area contributed by atoms with E-state index in [9.17, 15) is 9.18 Å². The summed E-state index contributed by atoms with van der Waals surface area (Å²) in [5, 5.41) is 0. The van der Waals surface area contributed by atoms with Crippen molar-refractivity contribution in [2.75, 3.05) is 11.6 Å². The summed E-state index contributed by atoms with van der Waals surface area (Å²) in [7, 11) is 0. The summed E-state index contributed by atoms with van der Waals surface area (Å²) in [5.74, 6) is 0.320. The van der Waals surface area contributed by atoms with Gasteiger partial charge in [0.15, 0.2) is 4.80 Å². The molecule has 1 aliphatic heterocycles. The molecule has 1 aromatic carbocycles. The molecule has 0 saturated carbocycles. The molecule has 0 spiro atoms. The highest BCUT2D eigenvalue weighted by molar-refractivity contribution is 7.07. The molecule has 7 heteroatoms. The molecule has 0 saturated heterocycles. The van der Waals surface area contributed by atoms with Crippen LogP contribution in [0.2, 0.25) is 0 Å². The average Bonchev–Trinajstić information content (AvgIpc) is 3.17. The Morgan fingerprint density at radius 2 is 2.22 bits per heavy atom. The van der Waals surface area contributed by atoms with Gasteiger partial charge in [0, 0.05) is 11.8 Å². The molecule has 4 rings (SSSR count). The van der Waals surface area contributed by atoms with Crippen LogP contribution in [-0.2, 0) is 6.67 Å². The van der Waals surface area contributed by atoms with Crippen LogP contribution in [0, 0.1) is 5.82 Å². The molecule has 0 radical (unpaired) electrons. The first-order valence-electron chi connectivity index (χ1n) is 7.00. The molecule has 116 valence electrons. The van der Waals surface area contributed by atoms with Gasteiger partial charge in [0.1, 0.15) is 24.9 Å². The van der Waals surface area contributed by atoms with Crippen molar-refractivity contribution < 1.29 is 8.81 Å². The van der Waals surface area contributed by atoms with E-state index in [-0.39, 0.29) is 11.4 Å². The van der Waals surface area contributed by atoms with E-state index in [1.165, 1.54) is 23.5 Å². The average molecular weight is 329 g/mol. The van der Waals surface area contributed by atoms with Crippen molar-refractivity contribution in [2.24, 2.45) is 4.99 Å². The summed E-state index contributed by atoms with van der Waals surface area (Å²) in [6.07, 6.45) is 3.27. The normalized spacial score (nSPS) is 14.7. The summed E-state index contributed by atoms with van der Waals surface area (Å²) in [6, 6.07) is 9.84. The van der Waals surface area contributed by atoms with Crippen molar-refractivity contribution in [3.63, 3.8) is 0 Å². The van der Waals surface area contributed by atoms with Crippen LogP contribution in [0.15, 0.2) is 56.9 Å². The Labute approximate surface area is 134 Å². The number of fused-ring (bicyclic) bond motifs is 1. The largest absolute Gasteiger partial charge is 0.465 e. The molecule has 0 unspecified atom stereocenters. The lowest BCUT2D eigenvalue weighted by Gasteiger charge is -2.25. The Balaban J connectivity index is 1.74. The van der Waals surface area contributed by atoms with E-state index in [0.29, 0.717) is 34.1 Å². The lowest BCUT2D eigenvalue weighted by molar-refractivity contribution is 0.555. The Bertz CT molecular complexity index is 1020. The predicted molar refractivity (Wildman–Crippen MR) is 85.4 cm³/mol. The van der Waals surface area contributed by atoms with Crippen LogP contribution in [0.4, 0.5) is 10.1 Å². The molecule has 0 aliphatic carbocycles. The van der Waals surface area contributed by atoms with Gasteiger partial charge in [-0.15, -0.1) is 0 Å². The highest BCUT2D eigenvalue weighted by Crippen LogP contribution is 2.16. The zero-order chi connectivity index (χ0) is 15.8. The molecule has 0 N–H and O–H groups in total. The number of thiazole rings is 1. The minimum Gasteiger partial charge on any atom is -0.465 e. The van der Waals surface area contributed by atoms with Crippen LogP contribution < -0.4 is 19.8 Å². The minimum absolute atomic E-state index is 0.119. The Kier molecular flexibility index (Phi) is 3.34. The highest BCUT2D eigenvalue weighted by Gasteiger charge is 2.16. The molecule has 2 aromatic heterocycles. The molecule has 5 nitrogen and oxygen atoms in total. The highest BCUT2D eigenvalue weighted by atomic mass is 32.1. The van der Waals surface area contributed by atoms with E-state index in [4.69, 9.17) is 4.42 Å². The summed E-state index contributed by atoms with van der Waals surface area (Å²) >= 11 is 1.33.